The minimum Gasteiger partial charge on any atom is -0.481 e. The number of carboxylic acids is 1. The van der Waals surface area contributed by atoms with Crippen molar-refractivity contribution in [2.24, 2.45) is 0 Å². The summed E-state index contributed by atoms with van der Waals surface area (Å²) >= 11 is 3.26. The summed E-state index contributed by atoms with van der Waals surface area (Å²) in [6.07, 6.45) is 5.06. The van der Waals surface area contributed by atoms with Gasteiger partial charge in [-0.2, -0.15) is 0 Å². The highest BCUT2D eigenvalue weighted by Crippen LogP contribution is 2.34. The molecule has 1 aliphatic carbocycles. The van der Waals surface area contributed by atoms with Gasteiger partial charge in [-0.05, 0) is 28.8 Å². The Morgan fingerprint density at radius 3 is 2.87 bits per heavy atom. The molecule has 1 N–H and O–H groups in total. The van der Waals surface area contributed by atoms with Crippen LogP contribution in [-0.2, 0) is 11.2 Å². The number of hydrogen-bond donors (Lipinski definition) is 1. The third-order valence-electron chi connectivity index (χ3n) is 2.62. The van der Waals surface area contributed by atoms with Gasteiger partial charge in [-0.3, -0.25) is 4.79 Å². The van der Waals surface area contributed by atoms with Crippen LogP contribution in [0.4, 0.5) is 0 Å². The summed E-state index contributed by atoms with van der Waals surface area (Å²) in [5.74, 6) is 0.361. The number of hydrogen-bond acceptors (Lipinski definition) is 3. The van der Waals surface area contributed by atoms with Crippen LogP contribution in [0.5, 0.6) is 0 Å². The molecule has 0 spiro atoms. The van der Waals surface area contributed by atoms with E-state index in [9.17, 15) is 4.79 Å². The lowest BCUT2D eigenvalue weighted by Gasteiger charge is -2.23. The van der Waals surface area contributed by atoms with E-state index in [1.165, 1.54) is 6.42 Å². The molecule has 0 saturated heterocycles. The lowest BCUT2D eigenvalue weighted by molar-refractivity contribution is -0.136. The van der Waals surface area contributed by atoms with Crippen LogP contribution in [0.3, 0.4) is 0 Å². The molecule has 4 nitrogen and oxygen atoms in total. The van der Waals surface area contributed by atoms with E-state index < -0.39 is 5.97 Å². The van der Waals surface area contributed by atoms with E-state index in [2.05, 4.69) is 25.9 Å². The molecule has 0 amide bonds. The minimum absolute atomic E-state index is 0.0528. The van der Waals surface area contributed by atoms with Gasteiger partial charge in [0.05, 0.1) is 16.6 Å². The number of carbonyl (C=O) groups is 1. The fraction of sp³-hybridized carbons (Fsp3) is 0.500. The molecule has 0 bridgehead atoms. The molecule has 0 aliphatic heterocycles. The van der Waals surface area contributed by atoms with Crippen LogP contribution in [-0.4, -0.2) is 21.0 Å². The minimum atomic E-state index is -0.867. The molecular formula is C10H11BrN2O2. The van der Waals surface area contributed by atoms with Gasteiger partial charge in [0.25, 0.3) is 0 Å². The van der Waals surface area contributed by atoms with Gasteiger partial charge < -0.3 is 5.11 Å². The molecule has 1 saturated carbocycles. The maximum absolute atomic E-state index is 10.6. The van der Waals surface area contributed by atoms with Crippen LogP contribution in [0.15, 0.2) is 10.7 Å². The van der Waals surface area contributed by atoms with Crippen LogP contribution in [0, 0.1) is 0 Å². The fourth-order valence-electron chi connectivity index (χ4n) is 1.55. The molecule has 0 atom stereocenters. The van der Waals surface area contributed by atoms with E-state index >= 15 is 0 Å². The standard InChI is InChI=1S/C10H11BrN2O2/c11-7-5-12-10(6-2-1-3-6)13-8(7)4-9(14)15/h5-6H,1-4H2,(H,14,15). The third-order valence-corrected chi connectivity index (χ3v) is 3.29. The molecule has 1 heterocycles. The molecule has 2 rings (SSSR count). The summed E-state index contributed by atoms with van der Waals surface area (Å²) < 4.78 is 0.674. The first-order chi connectivity index (χ1) is 7.16. The second kappa shape index (κ2) is 4.26. The Hall–Kier alpha value is -0.970. The topological polar surface area (TPSA) is 63.1 Å². The van der Waals surface area contributed by atoms with E-state index in [0.717, 1.165) is 18.7 Å². The molecule has 1 aliphatic rings. The quantitative estimate of drug-likeness (QED) is 0.914. The Balaban J connectivity index is 2.23. The second-order valence-electron chi connectivity index (χ2n) is 3.72. The summed E-state index contributed by atoms with van der Waals surface area (Å²) in [5.41, 5.74) is 0.569. The first kappa shape index (κ1) is 10.5. The number of nitrogens with zero attached hydrogens (tertiary/aromatic N) is 2. The van der Waals surface area contributed by atoms with E-state index in [0.29, 0.717) is 16.1 Å². The van der Waals surface area contributed by atoms with E-state index in [1.54, 1.807) is 6.20 Å². The molecule has 0 aromatic carbocycles. The van der Waals surface area contributed by atoms with Crippen LogP contribution in [0.25, 0.3) is 0 Å². The number of carboxylic acid groups (broad SMARTS) is 1. The molecule has 80 valence electrons. The lowest BCUT2D eigenvalue weighted by atomic mass is 9.85. The van der Waals surface area contributed by atoms with Crippen LogP contribution < -0.4 is 0 Å². The van der Waals surface area contributed by atoms with Gasteiger partial charge in [-0.1, -0.05) is 6.42 Å². The number of rotatable bonds is 3. The molecule has 15 heavy (non-hydrogen) atoms. The van der Waals surface area contributed by atoms with E-state index in [4.69, 9.17) is 5.11 Å². The van der Waals surface area contributed by atoms with Gasteiger partial charge in [-0.25, -0.2) is 9.97 Å². The zero-order valence-electron chi connectivity index (χ0n) is 8.11. The SMILES string of the molecule is O=C(O)Cc1nc(C2CCC2)ncc1Br. The Bertz CT molecular complexity index is 391. The van der Waals surface area contributed by atoms with Crippen molar-refractivity contribution in [3.05, 3.63) is 22.2 Å². The Labute approximate surface area is 95.9 Å². The summed E-state index contributed by atoms with van der Waals surface area (Å²) in [5, 5.41) is 8.71. The average molecular weight is 271 g/mol. The highest BCUT2D eigenvalue weighted by molar-refractivity contribution is 9.10. The van der Waals surface area contributed by atoms with Gasteiger partial charge in [-0.15, -0.1) is 0 Å². The first-order valence-electron chi connectivity index (χ1n) is 4.90. The normalized spacial score (nSPS) is 16.1. The number of halogens is 1. The average Bonchev–Trinajstić information content (AvgIpc) is 2.07. The summed E-state index contributed by atoms with van der Waals surface area (Å²) in [6, 6.07) is 0. The summed E-state index contributed by atoms with van der Waals surface area (Å²) in [4.78, 5) is 19.1. The van der Waals surface area contributed by atoms with Crippen LogP contribution in [0.2, 0.25) is 0 Å². The van der Waals surface area contributed by atoms with Crippen molar-refractivity contribution in [2.75, 3.05) is 0 Å². The van der Waals surface area contributed by atoms with Crippen LogP contribution in [0.1, 0.15) is 36.7 Å². The largest absolute Gasteiger partial charge is 0.481 e. The Morgan fingerprint density at radius 2 is 2.33 bits per heavy atom. The first-order valence-corrected chi connectivity index (χ1v) is 5.69. The third kappa shape index (κ3) is 2.34. The van der Waals surface area contributed by atoms with Gasteiger partial charge in [0, 0.05) is 12.1 Å². The predicted molar refractivity (Wildman–Crippen MR) is 57.7 cm³/mol. The van der Waals surface area contributed by atoms with Crippen molar-refractivity contribution in [3.63, 3.8) is 0 Å². The Morgan fingerprint density at radius 1 is 1.60 bits per heavy atom. The van der Waals surface area contributed by atoms with E-state index in [-0.39, 0.29) is 6.42 Å². The second-order valence-corrected chi connectivity index (χ2v) is 4.58. The van der Waals surface area contributed by atoms with Crippen molar-refractivity contribution >= 4 is 21.9 Å². The smallest absolute Gasteiger partial charge is 0.309 e. The predicted octanol–water partition coefficient (Wildman–Crippen LogP) is 2.13. The molecule has 1 fully saturated rings. The fourth-order valence-corrected chi connectivity index (χ4v) is 1.88. The van der Waals surface area contributed by atoms with Gasteiger partial charge in [0.2, 0.25) is 0 Å². The molecule has 5 heteroatoms. The van der Waals surface area contributed by atoms with Gasteiger partial charge in [0.15, 0.2) is 0 Å². The van der Waals surface area contributed by atoms with Crippen molar-refractivity contribution < 1.29 is 9.90 Å². The lowest BCUT2D eigenvalue weighted by Crippen LogP contribution is -2.14. The molecule has 0 radical (unpaired) electrons. The van der Waals surface area contributed by atoms with Crippen molar-refractivity contribution in [1.29, 1.82) is 0 Å². The molecule has 1 aromatic heterocycles. The number of aromatic nitrogens is 2. The Kier molecular flexibility index (Phi) is 3.00. The molecule has 1 aromatic rings. The summed E-state index contributed by atoms with van der Waals surface area (Å²) in [7, 11) is 0. The molecule has 0 unspecified atom stereocenters. The van der Waals surface area contributed by atoms with Gasteiger partial charge >= 0.3 is 5.97 Å². The number of aliphatic carboxylic acids is 1. The van der Waals surface area contributed by atoms with Crippen molar-refractivity contribution in [1.82, 2.24) is 9.97 Å². The van der Waals surface area contributed by atoms with E-state index in [1.807, 2.05) is 0 Å². The maximum Gasteiger partial charge on any atom is 0.309 e. The van der Waals surface area contributed by atoms with Crippen LogP contribution >= 0.6 is 15.9 Å². The zero-order chi connectivity index (χ0) is 10.8. The summed E-state index contributed by atoms with van der Waals surface area (Å²) in [6.45, 7) is 0. The van der Waals surface area contributed by atoms with Gasteiger partial charge in [0.1, 0.15) is 5.82 Å². The molecular weight excluding hydrogens is 260 g/mol. The zero-order valence-corrected chi connectivity index (χ0v) is 9.70. The van der Waals surface area contributed by atoms with Crippen molar-refractivity contribution in [2.45, 2.75) is 31.6 Å². The highest BCUT2D eigenvalue weighted by atomic mass is 79.9. The monoisotopic (exact) mass is 270 g/mol. The van der Waals surface area contributed by atoms with Crippen molar-refractivity contribution in [3.8, 4) is 0 Å². The highest BCUT2D eigenvalue weighted by Gasteiger charge is 2.23. The maximum atomic E-state index is 10.6.